The van der Waals surface area contributed by atoms with E-state index in [1.54, 1.807) is 0 Å². The van der Waals surface area contributed by atoms with Crippen molar-refractivity contribution in [1.82, 2.24) is 10.6 Å². The van der Waals surface area contributed by atoms with Gasteiger partial charge in [-0.15, -0.1) is 0 Å². The standard InChI is InChI=1S/C12H24N2S2/c1-3-5-7-9-13-11(15)12(16)14-10-8-6-4-2/h3-10H2,1-2H3,(H,13,15)(H,14,16). The zero-order chi connectivity index (χ0) is 12.2. The molecule has 0 aromatic heterocycles. The highest BCUT2D eigenvalue weighted by molar-refractivity contribution is 7.89. The molecule has 0 spiro atoms. The van der Waals surface area contributed by atoms with Gasteiger partial charge >= 0.3 is 0 Å². The zero-order valence-electron chi connectivity index (χ0n) is 10.5. The molecule has 4 heteroatoms. The fourth-order valence-corrected chi connectivity index (χ4v) is 1.66. The molecule has 0 saturated carbocycles. The van der Waals surface area contributed by atoms with Crippen LogP contribution >= 0.6 is 24.4 Å². The molecule has 2 nitrogen and oxygen atoms in total. The maximum absolute atomic E-state index is 5.19. The lowest BCUT2D eigenvalue weighted by molar-refractivity contribution is 0.693. The molecule has 0 atom stereocenters. The first-order valence-electron chi connectivity index (χ1n) is 6.28. The summed E-state index contributed by atoms with van der Waals surface area (Å²) in [5, 5.41) is 6.37. The SMILES string of the molecule is CCCCCNC(=S)C(=S)NCCCCC. The first-order chi connectivity index (χ1) is 7.72. The van der Waals surface area contributed by atoms with Gasteiger partial charge in [0.05, 0.1) is 0 Å². The Labute approximate surface area is 111 Å². The van der Waals surface area contributed by atoms with Crippen molar-refractivity contribution in [1.29, 1.82) is 0 Å². The Bertz CT molecular complexity index is 183. The third-order valence-electron chi connectivity index (χ3n) is 2.34. The lowest BCUT2D eigenvalue weighted by atomic mass is 10.2. The van der Waals surface area contributed by atoms with Gasteiger partial charge in [0.1, 0.15) is 9.98 Å². The molecular formula is C12H24N2S2. The van der Waals surface area contributed by atoms with E-state index in [1.165, 1.54) is 25.7 Å². The van der Waals surface area contributed by atoms with Gasteiger partial charge in [0.2, 0.25) is 0 Å². The second-order valence-corrected chi connectivity index (χ2v) is 4.74. The minimum absolute atomic E-state index is 0.697. The van der Waals surface area contributed by atoms with Crippen molar-refractivity contribution in [3.05, 3.63) is 0 Å². The highest BCUT2D eigenvalue weighted by Gasteiger charge is 2.02. The Morgan fingerprint density at radius 2 is 1.12 bits per heavy atom. The molecule has 0 aliphatic carbocycles. The largest absolute Gasteiger partial charge is 0.374 e. The van der Waals surface area contributed by atoms with E-state index in [0.717, 1.165) is 25.9 Å². The molecule has 0 fully saturated rings. The van der Waals surface area contributed by atoms with Gasteiger partial charge in [-0.2, -0.15) is 0 Å². The van der Waals surface area contributed by atoms with E-state index in [1.807, 2.05) is 0 Å². The van der Waals surface area contributed by atoms with Crippen LogP contribution in [0.15, 0.2) is 0 Å². The van der Waals surface area contributed by atoms with Crippen LogP contribution < -0.4 is 10.6 Å². The summed E-state index contributed by atoms with van der Waals surface area (Å²) >= 11 is 10.4. The van der Waals surface area contributed by atoms with Crippen molar-refractivity contribution < 1.29 is 0 Å². The second-order valence-electron chi connectivity index (χ2n) is 3.93. The topological polar surface area (TPSA) is 24.1 Å². The lowest BCUT2D eigenvalue weighted by Crippen LogP contribution is -2.38. The molecule has 0 unspecified atom stereocenters. The van der Waals surface area contributed by atoms with Crippen LogP contribution in [-0.2, 0) is 0 Å². The van der Waals surface area contributed by atoms with Crippen molar-refractivity contribution >= 4 is 34.4 Å². The van der Waals surface area contributed by atoms with Crippen LogP contribution in [0.25, 0.3) is 0 Å². The normalized spacial score (nSPS) is 9.88. The van der Waals surface area contributed by atoms with Crippen molar-refractivity contribution in [3.63, 3.8) is 0 Å². The molecule has 2 N–H and O–H groups in total. The molecule has 16 heavy (non-hydrogen) atoms. The second kappa shape index (κ2) is 11.3. The van der Waals surface area contributed by atoms with Crippen LogP contribution in [0.4, 0.5) is 0 Å². The fraction of sp³-hybridized carbons (Fsp3) is 0.833. The van der Waals surface area contributed by atoms with Gasteiger partial charge < -0.3 is 10.6 Å². The average Bonchev–Trinajstić information content (AvgIpc) is 2.29. The van der Waals surface area contributed by atoms with Gasteiger partial charge in [0, 0.05) is 13.1 Å². The lowest BCUT2D eigenvalue weighted by Gasteiger charge is -2.10. The smallest absolute Gasteiger partial charge is 0.134 e. The average molecular weight is 260 g/mol. The number of nitrogens with one attached hydrogen (secondary N) is 2. The van der Waals surface area contributed by atoms with Crippen LogP contribution in [0.2, 0.25) is 0 Å². The summed E-state index contributed by atoms with van der Waals surface area (Å²) in [5.41, 5.74) is 0. The Kier molecular flexibility index (Phi) is 11.1. The van der Waals surface area contributed by atoms with Crippen molar-refractivity contribution in [2.75, 3.05) is 13.1 Å². The third kappa shape index (κ3) is 9.04. The molecule has 0 rings (SSSR count). The summed E-state index contributed by atoms with van der Waals surface area (Å²) in [6.07, 6.45) is 7.27. The zero-order valence-corrected chi connectivity index (χ0v) is 12.1. The molecule has 0 aliphatic heterocycles. The van der Waals surface area contributed by atoms with Crippen molar-refractivity contribution in [2.24, 2.45) is 0 Å². The summed E-state index contributed by atoms with van der Waals surface area (Å²) in [4.78, 5) is 1.39. The predicted molar refractivity (Wildman–Crippen MR) is 80.3 cm³/mol. The maximum Gasteiger partial charge on any atom is 0.134 e. The maximum atomic E-state index is 5.19. The van der Waals surface area contributed by atoms with Crippen LogP contribution in [0, 0.1) is 0 Å². The summed E-state index contributed by atoms with van der Waals surface area (Å²) in [7, 11) is 0. The van der Waals surface area contributed by atoms with Gasteiger partial charge in [-0.25, -0.2) is 0 Å². The predicted octanol–water partition coefficient (Wildman–Crippen LogP) is 3.20. The van der Waals surface area contributed by atoms with E-state index in [0.29, 0.717) is 9.98 Å². The van der Waals surface area contributed by atoms with Crippen LogP contribution in [-0.4, -0.2) is 23.1 Å². The quantitative estimate of drug-likeness (QED) is 0.517. The summed E-state index contributed by atoms with van der Waals surface area (Å²) in [6, 6.07) is 0. The van der Waals surface area contributed by atoms with Gasteiger partial charge in [-0.1, -0.05) is 64.0 Å². The highest BCUT2D eigenvalue weighted by atomic mass is 32.1. The van der Waals surface area contributed by atoms with E-state index in [-0.39, 0.29) is 0 Å². The molecule has 0 radical (unpaired) electrons. The van der Waals surface area contributed by atoms with Gasteiger partial charge in [-0.05, 0) is 12.8 Å². The molecule has 0 aromatic rings. The van der Waals surface area contributed by atoms with E-state index < -0.39 is 0 Å². The minimum atomic E-state index is 0.697. The van der Waals surface area contributed by atoms with Gasteiger partial charge in [0.25, 0.3) is 0 Å². The number of rotatable bonds is 8. The van der Waals surface area contributed by atoms with Crippen LogP contribution in [0.5, 0.6) is 0 Å². The molecule has 0 heterocycles. The van der Waals surface area contributed by atoms with E-state index >= 15 is 0 Å². The van der Waals surface area contributed by atoms with Crippen molar-refractivity contribution in [2.45, 2.75) is 52.4 Å². The Balaban J connectivity index is 3.46. The third-order valence-corrected chi connectivity index (χ3v) is 3.16. The molecule has 94 valence electrons. The van der Waals surface area contributed by atoms with Crippen LogP contribution in [0.1, 0.15) is 52.4 Å². The highest BCUT2D eigenvalue weighted by Crippen LogP contribution is 1.93. The van der Waals surface area contributed by atoms with E-state index in [2.05, 4.69) is 24.5 Å². The Hall–Kier alpha value is -0.220. The summed E-state index contributed by atoms with van der Waals surface area (Å²) in [6.45, 7) is 6.25. The first kappa shape index (κ1) is 15.8. The number of hydrogen-bond donors (Lipinski definition) is 2. The van der Waals surface area contributed by atoms with Gasteiger partial charge in [0.15, 0.2) is 0 Å². The molecule has 0 saturated heterocycles. The first-order valence-corrected chi connectivity index (χ1v) is 7.10. The number of thiocarbonyl (C=S) groups is 2. The summed E-state index contributed by atoms with van der Waals surface area (Å²) < 4.78 is 0. The number of unbranched alkanes of at least 4 members (excludes halogenated alkanes) is 4. The van der Waals surface area contributed by atoms with Crippen LogP contribution in [0.3, 0.4) is 0 Å². The van der Waals surface area contributed by atoms with Gasteiger partial charge in [-0.3, -0.25) is 0 Å². The minimum Gasteiger partial charge on any atom is -0.374 e. The van der Waals surface area contributed by atoms with E-state index in [9.17, 15) is 0 Å². The molecular weight excluding hydrogens is 236 g/mol. The summed E-state index contributed by atoms with van der Waals surface area (Å²) in [5.74, 6) is 0. The Morgan fingerprint density at radius 3 is 1.44 bits per heavy atom. The fourth-order valence-electron chi connectivity index (χ4n) is 1.31. The van der Waals surface area contributed by atoms with Crippen molar-refractivity contribution in [3.8, 4) is 0 Å². The monoisotopic (exact) mass is 260 g/mol. The number of hydrogen-bond acceptors (Lipinski definition) is 2. The Morgan fingerprint density at radius 1 is 0.750 bits per heavy atom. The molecule has 0 amide bonds. The molecule has 0 aliphatic rings. The van der Waals surface area contributed by atoms with E-state index in [4.69, 9.17) is 24.4 Å². The molecule has 0 bridgehead atoms. The molecule has 0 aromatic carbocycles.